The summed E-state index contributed by atoms with van der Waals surface area (Å²) in [7, 11) is 0. The molecule has 0 radical (unpaired) electrons. The molecular weight excluding hydrogens is 272 g/mol. The third-order valence-corrected chi connectivity index (χ3v) is 5.12. The number of rotatable bonds is 4. The van der Waals surface area contributed by atoms with E-state index in [0.29, 0.717) is 12.5 Å². The van der Waals surface area contributed by atoms with Crippen molar-refractivity contribution in [1.29, 1.82) is 0 Å². The first-order valence-electron chi connectivity index (χ1n) is 7.28. The van der Waals surface area contributed by atoms with Gasteiger partial charge < -0.3 is 0 Å². The molecule has 3 N–H and O–H groups in total. The summed E-state index contributed by atoms with van der Waals surface area (Å²) >= 11 is 1.66. The first kappa shape index (κ1) is 13.6. The summed E-state index contributed by atoms with van der Waals surface area (Å²) in [5.41, 5.74) is 3.88. The van der Waals surface area contributed by atoms with Crippen LogP contribution in [0.3, 0.4) is 0 Å². The monoisotopic (exact) mass is 292 g/mol. The van der Waals surface area contributed by atoms with E-state index in [4.69, 9.17) is 5.84 Å². The van der Waals surface area contributed by atoms with Gasteiger partial charge in [0.25, 0.3) is 5.56 Å². The number of anilines is 1. The third kappa shape index (κ3) is 2.13. The fraction of sp³-hybridized carbons (Fsp3) is 0.571. The molecule has 0 saturated carbocycles. The van der Waals surface area contributed by atoms with E-state index in [1.54, 1.807) is 15.9 Å². The summed E-state index contributed by atoms with van der Waals surface area (Å²) in [6.07, 6.45) is 6.46. The second-order valence-corrected chi connectivity index (χ2v) is 6.36. The smallest absolute Gasteiger partial charge is 0.263 e. The standard InChI is InChI=1S/C14H20N4OS/c1-2-3-8-18-13(19)11-9-6-4-5-7-10(9)20-12(11)16-14(18)17-15/h2-8,15H2,1H3,(H,16,17). The molecule has 1 aliphatic rings. The lowest BCUT2D eigenvalue weighted by molar-refractivity contribution is 0.613. The van der Waals surface area contributed by atoms with Crippen molar-refractivity contribution in [3.63, 3.8) is 0 Å². The van der Waals surface area contributed by atoms with E-state index in [1.807, 2.05) is 0 Å². The lowest BCUT2D eigenvalue weighted by Crippen LogP contribution is -2.27. The van der Waals surface area contributed by atoms with Crippen LogP contribution in [0.5, 0.6) is 0 Å². The summed E-state index contributed by atoms with van der Waals surface area (Å²) in [6.45, 7) is 2.78. The second kappa shape index (κ2) is 5.54. The van der Waals surface area contributed by atoms with Gasteiger partial charge >= 0.3 is 0 Å². The highest BCUT2D eigenvalue weighted by Crippen LogP contribution is 2.34. The summed E-state index contributed by atoms with van der Waals surface area (Å²) in [5, 5.41) is 0.833. The number of nitrogens with two attached hydrogens (primary N) is 1. The van der Waals surface area contributed by atoms with Crippen molar-refractivity contribution in [3.05, 3.63) is 20.8 Å². The van der Waals surface area contributed by atoms with E-state index in [2.05, 4.69) is 17.3 Å². The zero-order chi connectivity index (χ0) is 14.1. The molecule has 0 saturated heterocycles. The molecular formula is C14H20N4OS. The average Bonchev–Trinajstić information content (AvgIpc) is 2.84. The maximum Gasteiger partial charge on any atom is 0.263 e. The van der Waals surface area contributed by atoms with Crippen LogP contribution >= 0.6 is 11.3 Å². The first-order valence-corrected chi connectivity index (χ1v) is 8.09. The maximum absolute atomic E-state index is 12.8. The van der Waals surface area contributed by atoms with E-state index < -0.39 is 0 Å². The summed E-state index contributed by atoms with van der Waals surface area (Å²) in [6, 6.07) is 0. The average molecular weight is 292 g/mol. The van der Waals surface area contributed by atoms with Gasteiger partial charge in [-0.2, -0.15) is 0 Å². The van der Waals surface area contributed by atoms with Crippen molar-refractivity contribution in [3.8, 4) is 0 Å². The number of unbranched alkanes of at least 4 members (excludes halogenated alkanes) is 1. The molecule has 2 heterocycles. The van der Waals surface area contributed by atoms with Crippen molar-refractivity contribution in [2.75, 3.05) is 5.43 Å². The van der Waals surface area contributed by atoms with Crippen LogP contribution in [0, 0.1) is 0 Å². The van der Waals surface area contributed by atoms with Crippen LogP contribution in [-0.2, 0) is 19.4 Å². The first-order chi connectivity index (χ1) is 9.76. The molecule has 6 heteroatoms. The molecule has 0 spiro atoms. The summed E-state index contributed by atoms with van der Waals surface area (Å²) in [5.74, 6) is 6.02. The van der Waals surface area contributed by atoms with E-state index in [0.717, 1.165) is 35.9 Å². The molecule has 0 aliphatic heterocycles. The minimum absolute atomic E-state index is 0.0656. The van der Waals surface area contributed by atoms with Crippen LogP contribution in [0.25, 0.3) is 10.2 Å². The minimum atomic E-state index is 0.0656. The van der Waals surface area contributed by atoms with Crippen LogP contribution in [0.1, 0.15) is 43.0 Å². The van der Waals surface area contributed by atoms with Gasteiger partial charge in [-0.3, -0.25) is 14.8 Å². The molecule has 0 amide bonds. The normalized spacial score (nSPS) is 14.5. The molecule has 3 rings (SSSR count). The molecule has 2 aromatic rings. The van der Waals surface area contributed by atoms with Crippen molar-refractivity contribution < 1.29 is 0 Å². The van der Waals surface area contributed by atoms with Gasteiger partial charge in [-0.05, 0) is 37.7 Å². The number of aromatic nitrogens is 2. The number of nitrogen functional groups attached to an aromatic ring is 1. The fourth-order valence-corrected chi connectivity index (χ4v) is 4.12. The molecule has 2 aromatic heterocycles. The number of thiophene rings is 1. The highest BCUT2D eigenvalue weighted by molar-refractivity contribution is 7.18. The molecule has 20 heavy (non-hydrogen) atoms. The van der Waals surface area contributed by atoms with Gasteiger partial charge in [0.2, 0.25) is 5.95 Å². The molecule has 1 aliphatic carbocycles. The number of nitrogens with zero attached hydrogens (tertiary/aromatic N) is 2. The van der Waals surface area contributed by atoms with E-state index in [1.165, 1.54) is 23.3 Å². The Morgan fingerprint density at radius 3 is 2.95 bits per heavy atom. The van der Waals surface area contributed by atoms with E-state index >= 15 is 0 Å². The number of hydrogen-bond donors (Lipinski definition) is 2. The van der Waals surface area contributed by atoms with Crippen LogP contribution in [0.2, 0.25) is 0 Å². The Morgan fingerprint density at radius 2 is 2.20 bits per heavy atom. The quantitative estimate of drug-likeness (QED) is 0.670. The molecule has 0 aromatic carbocycles. The van der Waals surface area contributed by atoms with E-state index in [9.17, 15) is 4.79 Å². The molecule has 0 unspecified atom stereocenters. The van der Waals surface area contributed by atoms with Gasteiger partial charge in [-0.15, -0.1) is 11.3 Å². The zero-order valence-corrected chi connectivity index (χ0v) is 12.6. The molecule has 108 valence electrons. The maximum atomic E-state index is 12.8. The predicted octanol–water partition coefficient (Wildman–Crippen LogP) is 2.42. The Labute approximate surface area is 121 Å². The van der Waals surface area contributed by atoms with Crippen molar-refractivity contribution in [2.45, 2.75) is 52.0 Å². The van der Waals surface area contributed by atoms with Crippen LogP contribution in [-0.4, -0.2) is 9.55 Å². The van der Waals surface area contributed by atoms with Gasteiger partial charge in [0.15, 0.2) is 0 Å². The molecule has 0 fully saturated rings. The third-order valence-electron chi connectivity index (χ3n) is 3.94. The number of hydrazine groups is 1. The number of nitrogens with one attached hydrogen (secondary N) is 1. The van der Waals surface area contributed by atoms with Crippen LogP contribution < -0.4 is 16.8 Å². The lowest BCUT2D eigenvalue weighted by Gasteiger charge is -2.12. The van der Waals surface area contributed by atoms with Crippen LogP contribution in [0.4, 0.5) is 5.95 Å². The SMILES string of the molecule is CCCCn1c(NN)nc2sc3c(c2c1=O)CCCC3. The Kier molecular flexibility index (Phi) is 3.76. The topological polar surface area (TPSA) is 72.9 Å². The van der Waals surface area contributed by atoms with Crippen molar-refractivity contribution in [1.82, 2.24) is 9.55 Å². The Morgan fingerprint density at radius 1 is 1.40 bits per heavy atom. The molecule has 5 nitrogen and oxygen atoms in total. The highest BCUT2D eigenvalue weighted by atomic mass is 32.1. The fourth-order valence-electron chi connectivity index (χ4n) is 2.87. The lowest BCUT2D eigenvalue weighted by atomic mass is 9.97. The second-order valence-electron chi connectivity index (χ2n) is 5.28. The van der Waals surface area contributed by atoms with E-state index in [-0.39, 0.29) is 5.56 Å². The number of aryl methyl sites for hydroxylation is 2. The van der Waals surface area contributed by atoms with Gasteiger partial charge in [0, 0.05) is 11.4 Å². The highest BCUT2D eigenvalue weighted by Gasteiger charge is 2.21. The predicted molar refractivity (Wildman–Crippen MR) is 83.2 cm³/mol. The Balaban J connectivity index is 2.22. The summed E-state index contributed by atoms with van der Waals surface area (Å²) in [4.78, 5) is 19.5. The van der Waals surface area contributed by atoms with Gasteiger partial charge in [0.1, 0.15) is 4.83 Å². The van der Waals surface area contributed by atoms with Crippen LogP contribution in [0.15, 0.2) is 4.79 Å². The molecule has 0 bridgehead atoms. The van der Waals surface area contributed by atoms with Gasteiger partial charge in [-0.1, -0.05) is 13.3 Å². The minimum Gasteiger partial charge on any atom is -0.294 e. The number of hydrogen-bond acceptors (Lipinski definition) is 5. The van der Waals surface area contributed by atoms with Crippen molar-refractivity contribution in [2.24, 2.45) is 5.84 Å². The van der Waals surface area contributed by atoms with Crippen molar-refractivity contribution >= 4 is 27.5 Å². The molecule has 0 atom stereocenters. The van der Waals surface area contributed by atoms with Gasteiger partial charge in [0.05, 0.1) is 5.39 Å². The summed E-state index contributed by atoms with van der Waals surface area (Å²) < 4.78 is 1.69. The van der Waals surface area contributed by atoms with Gasteiger partial charge in [-0.25, -0.2) is 10.8 Å². The largest absolute Gasteiger partial charge is 0.294 e. The number of fused-ring (bicyclic) bond motifs is 3. The Bertz CT molecular complexity index is 689. The Hall–Kier alpha value is -1.40. The zero-order valence-electron chi connectivity index (χ0n) is 11.7.